The number of aromatic nitrogens is 1. The van der Waals surface area contributed by atoms with Crippen molar-refractivity contribution in [3.05, 3.63) is 65.5 Å². The van der Waals surface area contributed by atoms with Gasteiger partial charge in [0.15, 0.2) is 0 Å². The summed E-state index contributed by atoms with van der Waals surface area (Å²) in [6, 6.07) is 10.4. The third kappa shape index (κ3) is 1.92. The van der Waals surface area contributed by atoms with Crippen LogP contribution in [0.2, 0.25) is 0 Å². The number of carbonyl (C=O) groups is 1. The van der Waals surface area contributed by atoms with Gasteiger partial charge in [0.25, 0.3) is 0 Å². The van der Waals surface area contributed by atoms with Crippen LogP contribution in [0.1, 0.15) is 30.5 Å². The quantitative estimate of drug-likeness (QED) is 0.925. The third-order valence-corrected chi connectivity index (χ3v) is 5.33. The first-order valence-corrected chi connectivity index (χ1v) is 8.23. The Kier molecular flexibility index (Phi) is 3.07. The van der Waals surface area contributed by atoms with Gasteiger partial charge in [-0.15, -0.1) is 0 Å². The number of anilines is 1. The van der Waals surface area contributed by atoms with E-state index in [0.29, 0.717) is 6.54 Å². The minimum absolute atomic E-state index is 0.0603. The fraction of sp³-hybridized carbons (Fsp3) is 0.300. The monoisotopic (exact) mass is 319 g/mol. The Morgan fingerprint density at radius 1 is 1.29 bits per heavy atom. The van der Waals surface area contributed by atoms with Crippen molar-refractivity contribution >= 4 is 17.7 Å². The van der Waals surface area contributed by atoms with Crippen LogP contribution in [-0.4, -0.2) is 23.1 Å². The predicted octanol–water partition coefficient (Wildman–Crippen LogP) is 3.03. The van der Waals surface area contributed by atoms with Crippen LogP contribution in [0.5, 0.6) is 0 Å². The summed E-state index contributed by atoms with van der Waals surface area (Å²) in [5, 5.41) is 3.24. The van der Waals surface area contributed by atoms with Crippen molar-refractivity contribution in [3.63, 3.8) is 0 Å². The molecule has 0 spiro atoms. The molecule has 2 aliphatic rings. The largest absolute Gasteiger partial charge is 0.335 e. The smallest absolute Gasteiger partial charge is 0.241 e. The summed E-state index contributed by atoms with van der Waals surface area (Å²) >= 11 is 0. The molecule has 1 aromatic heterocycles. The first-order valence-electron chi connectivity index (χ1n) is 8.23. The molecule has 3 heterocycles. The highest BCUT2D eigenvalue weighted by atomic mass is 16.2. The third-order valence-electron chi connectivity index (χ3n) is 5.33. The van der Waals surface area contributed by atoms with Gasteiger partial charge in [-0.3, -0.25) is 9.78 Å². The van der Waals surface area contributed by atoms with E-state index in [1.807, 2.05) is 24.4 Å². The minimum Gasteiger partial charge on any atom is -0.335 e. The van der Waals surface area contributed by atoms with E-state index in [2.05, 4.69) is 60.2 Å². The molecule has 24 heavy (non-hydrogen) atoms. The molecule has 1 aromatic carbocycles. The zero-order valence-corrected chi connectivity index (χ0v) is 14.2. The van der Waals surface area contributed by atoms with Gasteiger partial charge < -0.3 is 10.2 Å². The number of nitrogens with zero attached hydrogens (tertiary/aromatic N) is 2. The molecule has 1 saturated heterocycles. The number of rotatable bonds is 2. The second-order valence-corrected chi connectivity index (χ2v) is 7.17. The molecule has 1 amide bonds. The molecule has 4 nitrogen and oxygen atoms in total. The molecule has 0 radical (unpaired) electrons. The fourth-order valence-corrected chi connectivity index (χ4v) is 3.98. The Bertz CT molecular complexity index is 841. The summed E-state index contributed by atoms with van der Waals surface area (Å²) in [5.41, 5.74) is 3.89. The van der Waals surface area contributed by atoms with Crippen molar-refractivity contribution in [1.29, 1.82) is 0 Å². The van der Waals surface area contributed by atoms with Gasteiger partial charge in [0.05, 0.1) is 6.54 Å². The van der Waals surface area contributed by atoms with Crippen molar-refractivity contribution in [2.45, 2.75) is 31.8 Å². The molecule has 0 aliphatic carbocycles. The molecule has 0 bridgehead atoms. The second-order valence-electron chi connectivity index (χ2n) is 7.17. The van der Waals surface area contributed by atoms with Gasteiger partial charge >= 0.3 is 0 Å². The topological polar surface area (TPSA) is 45.2 Å². The summed E-state index contributed by atoms with van der Waals surface area (Å²) < 4.78 is 0. The average Bonchev–Trinajstić information content (AvgIpc) is 2.98. The van der Waals surface area contributed by atoms with Gasteiger partial charge in [0, 0.05) is 23.5 Å². The molecule has 4 rings (SSSR count). The second kappa shape index (κ2) is 4.94. The van der Waals surface area contributed by atoms with E-state index in [9.17, 15) is 4.79 Å². The first kappa shape index (κ1) is 14.9. The number of hydrogen-bond donors (Lipinski definition) is 1. The molecule has 1 unspecified atom stereocenters. The van der Waals surface area contributed by atoms with Gasteiger partial charge in [-0.2, -0.15) is 0 Å². The summed E-state index contributed by atoms with van der Waals surface area (Å²) in [6.45, 7) is 6.89. The minimum atomic E-state index is -0.546. The fourth-order valence-electron chi connectivity index (χ4n) is 3.98. The van der Waals surface area contributed by atoms with Crippen LogP contribution in [0.3, 0.4) is 0 Å². The maximum absolute atomic E-state index is 12.2. The number of pyridine rings is 1. The number of fused-ring (bicyclic) bond motifs is 3. The summed E-state index contributed by atoms with van der Waals surface area (Å²) in [5.74, 6) is 0.0603. The van der Waals surface area contributed by atoms with E-state index in [1.54, 1.807) is 6.20 Å². The Morgan fingerprint density at radius 3 is 2.88 bits per heavy atom. The summed E-state index contributed by atoms with van der Waals surface area (Å²) in [4.78, 5) is 18.6. The number of aryl methyl sites for hydroxylation is 1. The maximum atomic E-state index is 12.2. The van der Waals surface area contributed by atoms with E-state index in [4.69, 9.17) is 0 Å². The van der Waals surface area contributed by atoms with Crippen LogP contribution in [0.15, 0.2) is 48.8 Å². The number of carbonyl (C=O) groups excluding carboxylic acids is 1. The van der Waals surface area contributed by atoms with Gasteiger partial charge in [-0.25, -0.2) is 0 Å². The zero-order valence-electron chi connectivity index (χ0n) is 14.2. The molecule has 4 heteroatoms. The number of amides is 1. The molecule has 1 fully saturated rings. The summed E-state index contributed by atoms with van der Waals surface area (Å²) in [6.07, 6.45) is 7.75. The number of nitrogens with one attached hydrogen (secondary N) is 1. The van der Waals surface area contributed by atoms with Crippen molar-refractivity contribution in [3.8, 4) is 0 Å². The lowest BCUT2D eigenvalue weighted by atomic mass is 9.75. The lowest BCUT2D eigenvalue weighted by Gasteiger charge is -2.40. The van der Waals surface area contributed by atoms with Crippen molar-refractivity contribution in [1.82, 2.24) is 10.3 Å². The molecule has 2 aromatic rings. The van der Waals surface area contributed by atoms with E-state index < -0.39 is 5.66 Å². The molecular weight excluding hydrogens is 298 g/mol. The van der Waals surface area contributed by atoms with Crippen LogP contribution >= 0.6 is 0 Å². The highest BCUT2D eigenvalue weighted by Gasteiger charge is 2.59. The normalized spacial score (nSPS) is 24.1. The molecular formula is C20H21N3O. The van der Waals surface area contributed by atoms with Crippen molar-refractivity contribution < 1.29 is 4.79 Å². The van der Waals surface area contributed by atoms with Crippen LogP contribution < -0.4 is 10.2 Å². The van der Waals surface area contributed by atoms with Gasteiger partial charge in [0.2, 0.25) is 5.91 Å². The van der Waals surface area contributed by atoms with E-state index >= 15 is 0 Å². The lowest BCUT2D eigenvalue weighted by Crippen LogP contribution is -2.58. The maximum Gasteiger partial charge on any atom is 0.241 e. The first-order chi connectivity index (χ1) is 11.4. The van der Waals surface area contributed by atoms with E-state index in [0.717, 1.165) is 11.3 Å². The van der Waals surface area contributed by atoms with Crippen LogP contribution in [0, 0.1) is 6.92 Å². The molecule has 1 atom stereocenters. The van der Waals surface area contributed by atoms with Crippen LogP contribution in [0.25, 0.3) is 6.08 Å². The van der Waals surface area contributed by atoms with Gasteiger partial charge in [-0.05, 0) is 36.3 Å². The van der Waals surface area contributed by atoms with E-state index in [-0.39, 0.29) is 11.3 Å². The Balaban J connectivity index is 1.86. The highest BCUT2D eigenvalue weighted by molar-refractivity contribution is 5.91. The Labute approximate surface area is 142 Å². The molecule has 122 valence electrons. The average molecular weight is 319 g/mol. The zero-order chi connectivity index (χ0) is 16.9. The van der Waals surface area contributed by atoms with Crippen LogP contribution in [0.4, 0.5) is 5.69 Å². The van der Waals surface area contributed by atoms with Crippen molar-refractivity contribution in [2.24, 2.45) is 0 Å². The molecule has 0 saturated carbocycles. The Morgan fingerprint density at radius 2 is 2.12 bits per heavy atom. The SMILES string of the molecule is Cc1ccc2c(c1)C(C)(C)C1(/C=C/c3cccnc3)NC(=O)CN21. The van der Waals surface area contributed by atoms with E-state index in [1.165, 1.54) is 11.1 Å². The lowest BCUT2D eigenvalue weighted by molar-refractivity contribution is -0.118. The predicted molar refractivity (Wildman–Crippen MR) is 95.7 cm³/mol. The molecule has 2 aliphatic heterocycles. The summed E-state index contributed by atoms with van der Waals surface area (Å²) in [7, 11) is 0. The highest BCUT2D eigenvalue weighted by Crippen LogP contribution is 2.53. The van der Waals surface area contributed by atoms with Crippen molar-refractivity contribution in [2.75, 3.05) is 11.4 Å². The Hall–Kier alpha value is -2.62. The molecule has 1 N–H and O–H groups in total. The standard InChI is InChI=1S/C20H21N3O/c1-14-6-7-17-16(11-14)19(2,3)20(22-18(24)13-23(17)20)9-8-15-5-4-10-21-12-15/h4-12H,13H2,1-3H3,(H,22,24)/b9-8+. The van der Waals surface area contributed by atoms with Gasteiger partial charge in [0.1, 0.15) is 5.66 Å². The number of hydrogen-bond acceptors (Lipinski definition) is 3. The van der Waals surface area contributed by atoms with Gasteiger partial charge in [-0.1, -0.05) is 43.7 Å². The van der Waals surface area contributed by atoms with Crippen LogP contribution in [-0.2, 0) is 10.2 Å². The number of benzene rings is 1.